The van der Waals surface area contributed by atoms with Crippen LogP contribution in [0.25, 0.3) is 0 Å². The van der Waals surface area contributed by atoms with E-state index in [1.54, 1.807) is 6.08 Å². The molecule has 0 atom stereocenters. The number of allylic oxidation sites excluding steroid dienone is 3. The first-order chi connectivity index (χ1) is 4.09. The minimum Gasteiger partial charge on any atom is -0.511 e. The van der Waals surface area contributed by atoms with Crippen molar-refractivity contribution in [1.82, 2.24) is 0 Å². The Kier molecular flexibility index (Phi) is 3.62. The van der Waals surface area contributed by atoms with Gasteiger partial charge in [0.2, 0.25) is 0 Å². The maximum absolute atomic E-state index is 9.16. The van der Waals surface area contributed by atoms with Crippen LogP contribution in [-0.4, -0.2) is 5.11 Å². The first-order valence-electron chi connectivity index (χ1n) is 2.80. The molecule has 2 heteroatoms. The average Bonchev–Trinajstić information content (AvgIpc) is 1.84. The molecular weight excluding hydrogens is 180 g/mol. The van der Waals surface area contributed by atoms with Gasteiger partial charge in [0.25, 0.3) is 0 Å². The molecule has 1 N–H and O–H groups in total. The lowest BCUT2D eigenvalue weighted by molar-refractivity contribution is 0.351. The molecule has 0 rings (SSSR count). The van der Waals surface area contributed by atoms with Gasteiger partial charge in [0.05, 0.1) is 4.48 Å². The molecule has 0 saturated carbocycles. The summed E-state index contributed by atoms with van der Waals surface area (Å²) in [6.45, 7) is 7.33. The van der Waals surface area contributed by atoms with E-state index in [9.17, 15) is 0 Å². The summed E-state index contributed by atoms with van der Waals surface area (Å²) in [7, 11) is 0. The molecule has 0 aliphatic carbocycles. The number of hydrogen-bond donors (Lipinski definition) is 1. The Balaban J connectivity index is 4.27. The molecule has 0 unspecified atom stereocenters. The van der Waals surface area contributed by atoms with Crippen molar-refractivity contribution in [3.8, 4) is 0 Å². The lowest BCUT2D eigenvalue weighted by Gasteiger charge is -2.03. The van der Waals surface area contributed by atoms with Gasteiger partial charge in [-0.2, -0.15) is 0 Å². The van der Waals surface area contributed by atoms with Crippen LogP contribution in [0, 0.1) is 5.92 Å². The fraction of sp³-hybridized carbons (Fsp3) is 0.429. The third kappa shape index (κ3) is 2.70. The molecule has 0 heterocycles. The van der Waals surface area contributed by atoms with E-state index < -0.39 is 0 Å². The summed E-state index contributed by atoms with van der Waals surface area (Å²) in [5.41, 5.74) is 0. The van der Waals surface area contributed by atoms with E-state index in [1.165, 1.54) is 0 Å². The first kappa shape index (κ1) is 8.76. The fourth-order valence-electron chi connectivity index (χ4n) is 0.380. The lowest BCUT2D eigenvalue weighted by atomic mass is 10.2. The van der Waals surface area contributed by atoms with E-state index in [4.69, 9.17) is 5.11 Å². The predicted octanol–water partition coefficient (Wildman–Crippen LogP) is 2.99. The molecule has 0 radical (unpaired) electrons. The van der Waals surface area contributed by atoms with E-state index in [0.717, 1.165) is 0 Å². The minimum atomic E-state index is 0.164. The highest BCUT2D eigenvalue weighted by Crippen LogP contribution is 2.16. The van der Waals surface area contributed by atoms with Crippen LogP contribution < -0.4 is 0 Å². The molecule has 1 nitrogen and oxygen atoms in total. The Morgan fingerprint density at radius 1 is 1.67 bits per heavy atom. The Morgan fingerprint density at radius 3 is 2.22 bits per heavy atom. The lowest BCUT2D eigenvalue weighted by Crippen LogP contribution is -1.92. The molecule has 0 saturated heterocycles. The highest BCUT2D eigenvalue weighted by molar-refractivity contribution is 9.11. The smallest absolute Gasteiger partial charge is 0.109 e. The molecule has 0 aromatic carbocycles. The van der Waals surface area contributed by atoms with Crippen LogP contribution in [0.5, 0.6) is 0 Å². The van der Waals surface area contributed by atoms with Crippen molar-refractivity contribution < 1.29 is 5.11 Å². The van der Waals surface area contributed by atoms with Crippen LogP contribution in [0.2, 0.25) is 0 Å². The van der Waals surface area contributed by atoms with Gasteiger partial charge in [-0.3, -0.25) is 0 Å². The summed E-state index contributed by atoms with van der Waals surface area (Å²) in [4.78, 5) is 0. The van der Waals surface area contributed by atoms with Crippen molar-refractivity contribution in [1.29, 1.82) is 0 Å². The molecule has 0 spiro atoms. The van der Waals surface area contributed by atoms with Crippen molar-refractivity contribution in [2.75, 3.05) is 0 Å². The van der Waals surface area contributed by atoms with Crippen LogP contribution >= 0.6 is 15.9 Å². The van der Waals surface area contributed by atoms with Gasteiger partial charge in [-0.05, 0) is 15.9 Å². The van der Waals surface area contributed by atoms with Crippen LogP contribution in [0.1, 0.15) is 13.8 Å². The molecule has 52 valence electrons. The van der Waals surface area contributed by atoms with Crippen molar-refractivity contribution in [2.45, 2.75) is 13.8 Å². The zero-order valence-corrected chi connectivity index (χ0v) is 7.27. The Morgan fingerprint density at radius 2 is 2.11 bits per heavy atom. The van der Waals surface area contributed by atoms with Crippen molar-refractivity contribution >= 4 is 15.9 Å². The molecule has 0 aliphatic heterocycles. The fourth-order valence-corrected chi connectivity index (χ4v) is 0.838. The average molecular weight is 191 g/mol. The second-order valence-electron chi connectivity index (χ2n) is 2.09. The summed E-state index contributed by atoms with van der Waals surface area (Å²) in [6, 6.07) is 0. The van der Waals surface area contributed by atoms with Crippen LogP contribution in [0.3, 0.4) is 0 Å². The van der Waals surface area contributed by atoms with E-state index in [0.29, 0.717) is 10.2 Å². The van der Waals surface area contributed by atoms with Gasteiger partial charge in [0.15, 0.2) is 0 Å². The monoisotopic (exact) mass is 190 g/mol. The minimum absolute atomic E-state index is 0.164. The van der Waals surface area contributed by atoms with Crippen molar-refractivity contribution in [3.63, 3.8) is 0 Å². The molecule has 0 aromatic heterocycles. The Labute approximate surface area is 64.2 Å². The number of aliphatic hydroxyl groups excluding tert-OH is 1. The van der Waals surface area contributed by atoms with Gasteiger partial charge in [0.1, 0.15) is 5.76 Å². The van der Waals surface area contributed by atoms with Gasteiger partial charge in [-0.1, -0.05) is 26.5 Å². The summed E-state index contributed by atoms with van der Waals surface area (Å²) in [5.74, 6) is 0.516. The number of rotatable bonds is 2. The van der Waals surface area contributed by atoms with Crippen molar-refractivity contribution in [3.05, 3.63) is 22.9 Å². The van der Waals surface area contributed by atoms with Crippen LogP contribution in [-0.2, 0) is 0 Å². The van der Waals surface area contributed by atoms with Gasteiger partial charge < -0.3 is 5.11 Å². The summed E-state index contributed by atoms with van der Waals surface area (Å²) in [6.07, 6.45) is 1.58. The summed E-state index contributed by atoms with van der Waals surface area (Å²) >= 11 is 3.15. The van der Waals surface area contributed by atoms with Crippen LogP contribution in [0.15, 0.2) is 22.9 Å². The second-order valence-corrected chi connectivity index (χ2v) is 2.95. The normalized spacial score (nSPS) is 13.3. The second kappa shape index (κ2) is 3.72. The Bertz CT molecular complexity index is 136. The Hall–Kier alpha value is -0.240. The molecule has 0 aliphatic rings. The number of halogens is 1. The third-order valence-corrected chi connectivity index (χ3v) is 1.70. The standard InChI is InChI=1S/C7H11BrO/c1-4-6(8)7(9)5(2)3/h4-5,9H,1H2,2-3H3/b7-6-. The highest BCUT2D eigenvalue weighted by Gasteiger charge is 2.02. The largest absolute Gasteiger partial charge is 0.511 e. The van der Waals surface area contributed by atoms with Gasteiger partial charge >= 0.3 is 0 Å². The molecule has 0 fully saturated rings. The molecule has 0 amide bonds. The molecule has 0 bridgehead atoms. The van der Waals surface area contributed by atoms with Gasteiger partial charge in [0, 0.05) is 5.92 Å². The zero-order chi connectivity index (χ0) is 7.44. The quantitative estimate of drug-likeness (QED) is 0.525. The van der Waals surface area contributed by atoms with E-state index in [-0.39, 0.29) is 5.92 Å². The number of aliphatic hydroxyl groups is 1. The van der Waals surface area contributed by atoms with Crippen LogP contribution in [0.4, 0.5) is 0 Å². The SMILES string of the molecule is C=C/C(Br)=C(/O)C(C)C. The topological polar surface area (TPSA) is 20.2 Å². The highest BCUT2D eigenvalue weighted by atomic mass is 79.9. The van der Waals surface area contributed by atoms with Gasteiger partial charge in [-0.25, -0.2) is 0 Å². The first-order valence-corrected chi connectivity index (χ1v) is 3.60. The third-order valence-electron chi connectivity index (χ3n) is 0.971. The summed E-state index contributed by atoms with van der Waals surface area (Å²) < 4.78 is 0.678. The summed E-state index contributed by atoms with van der Waals surface area (Å²) in [5, 5.41) is 9.16. The van der Waals surface area contributed by atoms with E-state index >= 15 is 0 Å². The molecule has 0 aromatic rings. The maximum Gasteiger partial charge on any atom is 0.109 e. The van der Waals surface area contributed by atoms with E-state index in [2.05, 4.69) is 22.5 Å². The molecule has 9 heavy (non-hydrogen) atoms. The predicted molar refractivity (Wildman–Crippen MR) is 43.6 cm³/mol. The van der Waals surface area contributed by atoms with Gasteiger partial charge in [-0.15, -0.1) is 0 Å². The molecular formula is C7H11BrO. The zero-order valence-electron chi connectivity index (χ0n) is 5.69. The van der Waals surface area contributed by atoms with Crippen molar-refractivity contribution in [2.24, 2.45) is 5.92 Å². The number of hydrogen-bond acceptors (Lipinski definition) is 1. The van der Waals surface area contributed by atoms with E-state index in [1.807, 2.05) is 13.8 Å². The maximum atomic E-state index is 9.16.